The van der Waals surface area contributed by atoms with Crippen LogP contribution in [-0.4, -0.2) is 48.1 Å². The molecule has 2 heterocycles. The number of likely N-dealkylation sites (tertiary alicyclic amines) is 2. The van der Waals surface area contributed by atoms with Crippen molar-refractivity contribution in [3.8, 4) is 6.07 Å². The lowest BCUT2D eigenvalue weighted by Crippen LogP contribution is -2.74. The largest absolute Gasteiger partial charge is 0.301 e. The lowest BCUT2D eigenvalue weighted by molar-refractivity contribution is -0.143. The van der Waals surface area contributed by atoms with Crippen molar-refractivity contribution in [2.45, 2.75) is 32.7 Å². The van der Waals surface area contributed by atoms with Crippen molar-refractivity contribution in [3.63, 3.8) is 0 Å². The normalized spacial score (nSPS) is 25.7. The molecule has 2 saturated heterocycles. The fourth-order valence-corrected chi connectivity index (χ4v) is 2.71. The van der Waals surface area contributed by atoms with Gasteiger partial charge in [-0.2, -0.15) is 5.26 Å². The number of nitrogens with zero attached hydrogens (tertiary/aromatic N) is 3. The third-order valence-electron chi connectivity index (χ3n) is 3.66. The van der Waals surface area contributed by atoms with E-state index in [-0.39, 0.29) is 0 Å². The highest BCUT2D eigenvalue weighted by Crippen LogP contribution is 2.42. The van der Waals surface area contributed by atoms with Gasteiger partial charge < -0.3 is 4.90 Å². The Morgan fingerprint density at radius 2 is 1.80 bits per heavy atom. The Labute approximate surface area is 92.7 Å². The summed E-state index contributed by atoms with van der Waals surface area (Å²) in [6.45, 7) is 12.7. The minimum absolute atomic E-state index is 0.332. The predicted octanol–water partition coefficient (Wildman–Crippen LogP) is 1.32. The summed E-state index contributed by atoms with van der Waals surface area (Å²) in [7, 11) is 0. The van der Waals surface area contributed by atoms with Crippen LogP contribution in [0.2, 0.25) is 0 Å². The van der Waals surface area contributed by atoms with Crippen LogP contribution in [0, 0.1) is 16.7 Å². The maximum absolute atomic E-state index is 8.50. The quantitative estimate of drug-likeness (QED) is 0.684. The molecule has 2 fully saturated rings. The monoisotopic (exact) mass is 207 g/mol. The van der Waals surface area contributed by atoms with Gasteiger partial charge in [0.1, 0.15) is 0 Å². The minimum Gasteiger partial charge on any atom is -0.301 e. The molecule has 2 aliphatic heterocycles. The predicted molar refractivity (Wildman–Crippen MR) is 60.4 cm³/mol. The van der Waals surface area contributed by atoms with Crippen molar-refractivity contribution in [1.29, 1.82) is 5.26 Å². The zero-order valence-corrected chi connectivity index (χ0v) is 10.1. The minimum atomic E-state index is 0.332. The number of hydrogen-bond donors (Lipinski definition) is 0. The summed E-state index contributed by atoms with van der Waals surface area (Å²) in [5.41, 5.74) is 0.918. The third kappa shape index (κ3) is 2.02. The molecule has 15 heavy (non-hydrogen) atoms. The van der Waals surface area contributed by atoms with E-state index in [9.17, 15) is 0 Å². The van der Waals surface area contributed by atoms with E-state index in [1.165, 1.54) is 26.2 Å². The Balaban J connectivity index is 1.71. The van der Waals surface area contributed by atoms with Gasteiger partial charge in [0.15, 0.2) is 0 Å². The summed E-state index contributed by atoms with van der Waals surface area (Å²) in [6, 6.07) is 2.21. The van der Waals surface area contributed by atoms with Gasteiger partial charge in [0.2, 0.25) is 0 Å². The van der Waals surface area contributed by atoms with Crippen LogP contribution in [0.5, 0.6) is 0 Å². The Hall–Kier alpha value is -0.590. The van der Waals surface area contributed by atoms with Gasteiger partial charge in [0, 0.05) is 50.1 Å². The van der Waals surface area contributed by atoms with Gasteiger partial charge in [-0.05, 0) is 20.8 Å². The summed E-state index contributed by atoms with van der Waals surface area (Å²) in [5.74, 6) is 0. The zero-order chi connectivity index (χ0) is 11.1. The Morgan fingerprint density at radius 3 is 2.27 bits per heavy atom. The molecule has 0 aliphatic carbocycles. The molecule has 0 amide bonds. The molecule has 0 atom stereocenters. The van der Waals surface area contributed by atoms with E-state index in [1.54, 1.807) is 0 Å². The Bertz CT molecular complexity index is 270. The Kier molecular flexibility index (Phi) is 2.52. The highest BCUT2D eigenvalue weighted by molar-refractivity contribution is 5.08. The van der Waals surface area contributed by atoms with Crippen molar-refractivity contribution < 1.29 is 0 Å². The average Bonchev–Trinajstić information content (AvgIpc) is 1.96. The topological polar surface area (TPSA) is 30.3 Å². The molecule has 0 aromatic rings. The molecular weight excluding hydrogens is 186 g/mol. The smallest absolute Gasteiger partial charge is 0.0635 e. The van der Waals surface area contributed by atoms with Crippen LogP contribution in [0.15, 0.2) is 0 Å². The lowest BCUT2D eigenvalue weighted by atomic mass is 9.71. The van der Waals surface area contributed by atoms with Gasteiger partial charge in [-0.1, -0.05) is 0 Å². The van der Waals surface area contributed by atoms with Gasteiger partial charge in [-0.3, -0.25) is 4.90 Å². The molecule has 0 unspecified atom stereocenters. The van der Waals surface area contributed by atoms with Gasteiger partial charge in [-0.15, -0.1) is 0 Å². The first-order valence-corrected chi connectivity index (χ1v) is 5.80. The first-order valence-electron chi connectivity index (χ1n) is 5.80. The summed E-state index contributed by atoms with van der Waals surface area (Å²) >= 11 is 0. The second-order valence-corrected chi connectivity index (χ2v) is 6.15. The second kappa shape index (κ2) is 3.47. The molecule has 2 rings (SSSR count). The Morgan fingerprint density at radius 1 is 1.20 bits per heavy atom. The van der Waals surface area contributed by atoms with Crippen LogP contribution < -0.4 is 0 Å². The molecule has 0 N–H and O–H groups in total. The average molecular weight is 207 g/mol. The van der Waals surface area contributed by atoms with Crippen molar-refractivity contribution in [2.75, 3.05) is 32.7 Å². The molecule has 0 aromatic heterocycles. The van der Waals surface area contributed by atoms with E-state index < -0.39 is 0 Å². The van der Waals surface area contributed by atoms with E-state index in [2.05, 4.69) is 36.6 Å². The fourth-order valence-electron chi connectivity index (χ4n) is 2.71. The van der Waals surface area contributed by atoms with Crippen LogP contribution in [0.4, 0.5) is 0 Å². The standard InChI is InChI=1S/C12H21N3/c1-11(2,3)15-9-12(10-15)7-14(8-12)6-4-5-13/h4,6-10H2,1-3H3. The van der Waals surface area contributed by atoms with E-state index in [1.807, 2.05) is 0 Å². The molecule has 84 valence electrons. The SMILES string of the molecule is CC(C)(C)N1CC2(CN(CCC#N)C2)C1. The molecule has 3 nitrogen and oxygen atoms in total. The molecule has 0 bridgehead atoms. The molecule has 0 radical (unpaired) electrons. The first-order chi connectivity index (χ1) is 6.95. The van der Waals surface area contributed by atoms with Crippen molar-refractivity contribution in [3.05, 3.63) is 0 Å². The van der Waals surface area contributed by atoms with E-state index in [4.69, 9.17) is 5.26 Å². The van der Waals surface area contributed by atoms with E-state index in [0.717, 1.165) is 6.54 Å². The van der Waals surface area contributed by atoms with Crippen LogP contribution in [0.25, 0.3) is 0 Å². The molecule has 3 heteroatoms. The van der Waals surface area contributed by atoms with Crippen molar-refractivity contribution in [2.24, 2.45) is 5.41 Å². The number of rotatable bonds is 2. The first kappa shape index (κ1) is 10.9. The molecule has 0 aromatic carbocycles. The maximum atomic E-state index is 8.50. The summed E-state index contributed by atoms with van der Waals surface area (Å²) in [6.07, 6.45) is 0.680. The van der Waals surface area contributed by atoms with Gasteiger partial charge in [0.25, 0.3) is 0 Å². The van der Waals surface area contributed by atoms with Crippen molar-refractivity contribution >= 4 is 0 Å². The molecule has 2 aliphatic rings. The lowest BCUT2D eigenvalue weighted by Gasteiger charge is -2.63. The summed E-state index contributed by atoms with van der Waals surface area (Å²) in [5, 5.41) is 8.50. The number of hydrogen-bond acceptors (Lipinski definition) is 3. The molecular formula is C12H21N3. The van der Waals surface area contributed by atoms with Crippen LogP contribution in [0.3, 0.4) is 0 Å². The zero-order valence-electron chi connectivity index (χ0n) is 10.1. The highest BCUT2D eigenvalue weighted by Gasteiger charge is 2.53. The van der Waals surface area contributed by atoms with Gasteiger partial charge in [0.05, 0.1) is 6.07 Å². The third-order valence-corrected chi connectivity index (χ3v) is 3.66. The van der Waals surface area contributed by atoms with Crippen molar-refractivity contribution in [1.82, 2.24) is 9.80 Å². The molecule has 1 spiro atoms. The second-order valence-electron chi connectivity index (χ2n) is 6.15. The summed E-state index contributed by atoms with van der Waals surface area (Å²) in [4.78, 5) is 4.96. The number of nitriles is 1. The van der Waals surface area contributed by atoms with Crippen LogP contribution in [0.1, 0.15) is 27.2 Å². The van der Waals surface area contributed by atoms with Crippen LogP contribution in [-0.2, 0) is 0 Å². The van der Waals surface area contributed by atoms with E-state index >= 15 is 0 Å². The van der Waals surface area contributed by atoms with Gasteiger partial charge >= 0.3 is 0 Å². The highest BCUT2D eigenvalue weighted by atomic mass is 15.3. The van der Waals surface area contributed by atoms with E-state index in [0.29, 0.717) is 17.4 Å². The summed E-state index contributed by atoms with van der Waals surface area (Å²) < 4.78 is 0. The fraction of sp³-hybridized carbons (Fsp3) is 0.917. The maximum Gasteiger partial charge on any atom is 0.0635 e. The molecule has 0 saturated carbocycles. The van der Waals surface area contributed by atoms with Gasteiger partial charge in [-0.25, -0.2) is 0 Å². The van der Waals surface area contributed by atoms with Crippen LogP contribution >= 0.6 is 0 Å².